The van der Waals surface area contributed by atoms with Crippen LogP contribution in [0.25, 0.3) is 0 Å². The molecule has 0 aliphatic carbocycles. The van der Waals surface area contributed by atoms with Crippen LogP contribution in [0.15, 0.2) is 48.5 Å². The normalized spacial score (nSPS) is 9.11. The monoisotopic (exact) mass is 230 g/mol. The first-order valence-corrected chi connectivity index (χ1v) is 6.00. The molecular weight excluding hydrogens is 216 g/mol. The lowest BCUT2D eigenvalue weighted by Gasteiger charge is -2.01. The minimum Gasteiger partial charge on any atom is -0.115 e. The van der Waals surface area contributed by atoms with E-state index in [1.54, 1.807) is 0 Å². The zero-order chi connectivity index (χ0) is 12.8. The van der Waals surface area contributed by atoms with Crippen LogP contribution in [0.5, 0.6) is 0 Å². The average Bonchev–Trinajstić information content (AvgIpc) is 2.45. The number of benzene rings is 2. The van der Waals surface area contributed by atoms with E-state index < -0.39 is 0 Å². The lowest BCUT2D eigenvalue weighted by molar-refractivity contribution is 1.13. The van der Waals surface area contributed by atoms with Gasteiger partial charge in [0, 0.05) is 16.7 Å². The van der Waals surface area contributed by atoms with E-state index in [0.29, 0.717) is 0 Å². The van der Waals surface area contributed by atoms with Crippen molar-refractivity contribution in [3.05, 3.63) is 70.8 Å². The van der Waals surface area contributed by atoms with Gasteiger partial charge in [-0.15, -0.1) is 6.42 Å². The molecule has 2 rings (SSSR count). The first-order chi connectivity index (χ1) is 8.83. The molecule has 86 valence electrons. The minimum absolute atomic E-state index is 0.931. The summed E-state index contributed by atoms with van der Waals surface area (Å²) in [6.45, 7) is 2.10. The Morgan fingerprint density at radius 3 is 2.33 bits per heavy atom. The Morgan fingerprint density at radius 1 is 0.944 bits per heavy atom. The van der Waals surface area contributed by atoms with Crippen LogP contribution in [-0.2, 0) is 6.42 Å². The summed E-state index contributed by atoms with van der Waals surface area (Å²) < 4.78 is 0. The molecule has 0 N–H and O–H groups in total. The number of rotatable bonds is 1. The minimum atomic E-state index is 0.931. The predicted molar refractivity (Wildman–Crippen MR) is 76.2 cm³/mol. The molecule has 0 aliphatic rings. The van der Waals surface area contributed by atoms with E-state index in [1.807, 2.05) is 42.5 Å². The van der Waals surface area contributed by atoms with Gasteiger partial charge in [-0.05, 0) is 42.3 Å². The van der Waals surface area contributed by atoms with Crippen molar-refractivity contribution in [1.82, 2.24) is 0 Å². The Balaban J connectivity index is 2.32. The van der Waals surface area contributed by atoms with E-state index in [2.05, 4.69) is 30.8 Å². The SMILES string of the molecule is C#Cc1ccc(C#Cc2ccccc2)cc1CC. The Labute approximate surface area is 109 Å². The van der Waals surface area contributed by atoms with Gasteiger partial charge >= 0.3 is 0 Å². The highest BCUT2D eigenvalue weighted by Crippen LogP contribution is 2.11. The lowest BCUT2D eigenvalue weighted by atomic mass is 10.0. The second kappa shape index (κ2) is 5.76. The molecule has 0 heteroatoms. The summed E-state index contributed by atoms with van der Waals surface area (Å²) in [7, 11) is 0. The second-order valence-corrected chi connectivity index (χ2v) is 3.99. The van der Waals surface area contributed by atoms with Crippen LogP contribution in [0.1, 0.15) is 29.2 Å². The van der Waals surface area contributed by atoms with Gasteiger partial charge in [0.15, 0.2) is 0 Å². The van der Waals surface area contributed by atoms with Crippen molar-refractivity contribution in [2.45, 2.75) is 13.3 Å². The summed E-state index contributed by atoms with van der Waals surface area (Å²) in [5, 5.41) is 0. The van der Waals surface area contributed by atoms with Crippen molar-refractivity contribution in [2.75, 3.05) is 0 Å². The van der Waals surface area contributed by atoms with Crippen molar-refractivity contribution in [2.24, 2.45) is 0 Å². The van der Waals surface area contributed by atoms with Crippen LogP contribution in [0, 0.1) is 24.2 Å². The lowest BCUT2D eigenvalue weighted by Crippen LogP contribution is -1.88. The van der Waals surface area contributed by atoms with Crippen LogP contribution in [-0.4, -0.2) is 0 Å². The van der Waals surface area contributed by atoms with E-state index >= 15 is 0 Å². The van der Waals surface area contributed by atoms with Gasteiger partial charge in [0.2, 0.25) is 0 Å². The molecule has 0 aliphatic heterocycles. The van der Waals surface area contributed by atoms with Crippen molar-refractivity contribution < 1.29 is 0 Å². The van der Waals surface area contributed by atoms with Crippen LogP contribution in [0.3, 0.4) is 0 Å². The fraction of sp³-hybridized carbons (Fsp3) is 0.111. The molecule has 0 radical (unpaired) electrons. The Hall–Kier alpha value is -2.44. The molecule has 0 aromatic heterocycles. The zero-order valence-electron chi connectivity index (χ0n) is 10.4. The van der Waals surface area contributed by atoms with Crippen molar-refractivity contribution in [3.8, 4) is 24.2 Å². The van der Waals surface area contributed by atoms with Crippen LogP contribution in [0.4, 0.5) is 0 Å². The Kier molecular flexibility index (Phi) is 3.85. The first kappa shape index (κ1) is 12.0. The van der Waals surface area contributed by atoms with Gasteiger partial charge in [-0.25, -0.2) is 0 Å². The summed E-state index contributed by atoms with van der Waals surface area (Å²) >= 11 is 0. The smallest absolute Gasteiger partial charge is 0.0275 e. The number of aryl methyl sites for hydroxylation is 1. The third-order valence-corrected chi connectivity index (χ3v) is 2.77. The molecule has 0 fully saturated rings. The molecule has 2 aromatic carbocycles. The van der Waals surface area contributed by atoms with Gasteiger partial charge < -0.3 is 0 Å². The highest BCUT2D eigenvalue weighted by Gasteiger charge is 1.98. The fourth-order valence-electron chi connectivity index (χ4n) is 1.77. The van der Waals surface area contributed by atoms with E-state index in [9.17, 15) is 0 Å². The molecule has 0 unspecified atom stereocenters. The summed E-state index contributed by atoms with van der Waals surface area (Å²) in [6, 6.07) is 16.0. The molecule has 0 bridgehead atoms. The molecule has 0 nitrogen and oxygen atoms in total. The third kappa shape index (κ3) is 2.82. The second-order valence-electron chi connectivity index (χ2n) is 3.99. The fourth-order valence-corrected chi connectivity index (χ4v) is 1.77. The summed E-state index contributed by atoms with van der Waals surface area (Å²) in [6.07, 6.45) is 6.39. The van der Waals surface area contributed by atoms with Gasteiger partial charge in [-0.1, -0.05) is 42.9 Å². The van der Waals surface area contributed by atoms with Crippen molar-refractivity contribution >= 4 is 0 Å². The van der Waals surface area contributed by atoms with E-state index in [-0.39, 0.29) is 0 Å². The predicted octanol–water partition coefficient (Wildman–Crippen LogP) is 3.63. The maximum Gasteiger partial charge on any atom is 0.0275 e. The van der Waals surface area contributed by atoms with Crippen LogP contribution in [0.2, 0.25) is 0 Å². The van der Waals surface area contributed by atoms with Gasteiger partial charge in [0.05, 0.1) is 0 Å². The molecule has 2 aromatic rings. The van der Waals surface area contributed by atoms with Gasteiger partial charge in [0.1, 0.15) is 0 Å². The summed E-state index contributed by atoms with van der Waals surface area (Å²) in [4.78, 5) is 0. The third-order valence-electron chi connectivity index (χ3n) is 2.77. The molecule has 18 heavy (non-hydrogen) atoms. The number of hydrogen-bond donors (Lipinski definition) is 0. The van der Waals surface area contributed by atoms with Gasteiger partial charge in [0.25, 0.3) is 0 Å². The molecule has 0 saturated heterocycles. The quantitative estimate of drug-likeness (QED) is 0.656. The summed E-state index contributed by atoms with van der Waals surface area (Å²) in [5.74, 6) is 9.02. The first-order valence-electron chi connectivity index (χ1n) is 6.00. The average molecular weight is 230 g/mol. The van der Waals surface area contributed by atoms with E-state index in [1.165, 1.54) is 5.56 Å². The maximum atomic E-state index is 5.46. The standard InChI is InChI=1S/C18H14/c1-3-17-13-12-16(14-18(17)4-2)11-10-15-8-6-5-7-9-15/h1,5-9,12-14H,4H2,2H3. The molecular formula is C18H14. The van der Waals surface area contributed by atoms with E-state index in [4.69, 9.17) is 6.42 Å². The zero-order valence-corrected chi connectivity index (χ0v) is 10.4. The number of hydrogen-bond acceptors (Lipinski definition) is 0. The van der Waals surface area contributed by atoms with Crippen LogP contribution >= 0.6 is 0 Å². The molecule has 0 saturated carbocycles. The highest BCUT2D eigenvalue weighted by atomic mass is 14.0. The maximum absolute atomic E-state index is 5.46. The van der Waals surface area contributed by atoms with Gasteiger partial charge in [-0.3, -0.25) is 0 Å². The largest absolute Gasteiger partial charge is 0.115 e. The molecule has 0 spiro atoms. The summed E-state index contributed by atoms with van der Waals surface area (Å²) in [5.41, 5.74) is 4.17. The Bertz CT molecular complexity index is 631. The van der Waals surface area contributed by atoms with Gasteiger partial charge in [-0.2, -0.15) is 0 Å². The number of terminal acetylenes is 1. The highest BCUT2D eigenvalue weighted by molar-refractivity contribution is 5.49. The molecule has 0 atom stereocenters. The van der Waals surface area contributed by atoms with Crippen molar-refractivity contribution in [3.63, 3.8) is 0 Å². The van der Waals surface area contributed by atoms with Crippen molar-refractivity contribution in [1.29, 1.82) is 0 Å². The van der Waals surface area contributed by atoms with Crippen LogP contribution < -0.4 is 0 Å². The Morgan fingerprint density at radius 2 is 1.67 bits per heavy atom. The van der Waals surface area contributed by atoms with E-state index in [0.717, 1.165) is 23.1 Å². The topological polar surface area (TPSA) is 0 Å². The molecule has 0 heterocycles. The molecule has 0 amide bonds.